The van der Waals surface area contributed by atoms with Crippen LogP contribution in [0.3, 0.4) is 0 Å². The lowest BCUT2D eigenvalue weighted by Gasteiger charge is -2.25. The molecule has 3 heterocycles. The molecule has 0 unspecified atom stereocenters. The smallest absolute Gasteiger partial charge is 0.188 e. The van der Waals surface area contributed by atoms with E-state index in [0.717, 1.165) is 71.9 Å². The number of hydrogen-bond donors (Lipinski definition) is 3. The number of nitrogens with zero attached hydrogens (tertiary/aromatic N) is 6. The van der Waals surface area contributed by atoms with Gasteiger partial charge in [0.1, 0.15) is 5.82 Å². The summed E-state index contributed by atoms with van der Waals surface area (Å²) >= 11 is 1.71. The van der Waals surface area contributed by atoms with Gasteiger partial charge in [-0.15, -0.1) is 0 Å². The molecule has 63 heavy (non-hydrogen) atoms. The number of aryl methyl sites for hydroxylation is 3. The maximum atomic E-state index is 4.72. The van der Waals surface area contributed by atoms with Crippen LogP contribution in [-0.4, -0.2) is 54.7 Å². The second kappa shape index (κ2) is 25.1. The second-order valence-electron chi connectivity index (χ2n) is 15.7. The van der Waals surface area contributed by atoms with E-state index in [1.165, 1.54) is 64.1 Å². The van der Waals surface area contributed by atoms with Gasteiger partial charge in [0.25, 0.3) is 0 Å². The number of anilines is 9. The lowest BCUT2D eigenvalue weighted by atomic mass is 10.1. The predicted octanol–water partition coefficient (Wildman–Crippen LogP) is 14.3. The van der Waals surface area contributed by atoms with E-state index in [1.54, 1.807) is 29.9 Å². The molecule has 7 rings (SSSR count). The Balaban J connectivity index is 0.000000182. The van der Waals surface area contributed by atoms with Gasteiger partial charge < -0.3 is 30.7 Å². The number of hydrogen-bond acceptors (Lipinski definition) is 10. The van der Waals surface area contributed by atoms with Gasteiger partial charge in [0.2, 0.25) is 0 Å². The van der Waals surface area contributed by atoms with E-state index in [2.05, 4.69) is 176 Å². The lowest BCUT2D eigenvalue weighted by molar-refractivity contribution is 0.678. The monoisotopic (exact) mass is 864 g/mol. The number of para-hydroxylation sites is 1. The predicted molar refractivity (Wildman–Crippen MR) is 276 cm³/mol. The van der Waals surface area contributed by atoms with Crippen molar-refractivity contribution in [3.05, 3.63) is 144 Å². The summed E-state index contributed by atoms with van der Waals surface area (Å²) in [6, 6.07) is 37.9. The minimum absolute atomic E-state index is 0.877. The number of nitrogens with one attached hydrogen (secondary N) is 3. The summed E-state index contributed by atoms with van der Waals surface area (Å²) < 4.78 is 1.22. The molecule has 0 spiro atoms. The first-order chi connectivity index (χ1) is 30.7. The van der Waals surface area contributed by atoms with Gasteiger partial charge in [-0.25, -0.2) is 9.97 Å². The molecule has 0 radical (unpaired) electrons. The maximum Gasteiger partial charge on any atom is 0.188 e. The van der Waals surface area contributed by atoms with Gasteiger partial charge in [0, 0.05) is 98.2 Å². The first-order valence-corrected chi connectivity index (χ1v) is 23.5. The van der Waals surface area contributed by atoms with Crippen LogP contribution < -0.4 is 30.7 Å². The highest BCUT2D eigenvalue weighted by Gasteiger charge is 2.11. The Morgan fingerprint density at radius 1 is 0.540 bits per heavy atom. The van der Waals surface area contributed by atoms with Crippen molar-refractivity contribution in [3.63, 3.8) is 0 Å². The maximum absolute atomic E-state index is 4.72. The fourth-order valence-corrected chi connectivity index (χ4v) is 7.79. The minimum atomic E-state index is 0.877. The van der Waals surface area contributed by atoms with Crippen LogP contribution in [0.2, 0.25) is 0 Å². The average Bonchev–Trinajstić information content (AvgIpc) is 3.73. The van der Waals surface area contributed by atoms with E-state index in [-0.39, 0.29) is 0 Å². The van der Waals surface area contributed by atoms with Crippen molar-refractivity contribution in [2.75, 3.05) is 70.4 Å². The van der Waals surface area contributed by atoms with E-state index in [4.69, 9.17) is 4.98 Å². The largest absolute Gasteiger partial charge is 0.375 e. The highest BCUT2D eigenvalue weighted by molar-refractivity contribution is 7.22. The number of rotatable bonds is 18. The van der Waals surface area contributed by atoms with E-state index >= 15 is 0 Å². The Morgan fingerprint density at radius 2 is 1.10 bits per heavy atom. The first kappa shape index (κ1) is 47.9. The van der Waals surface area contributed by atoms with Gasteiger partial charge in [-0.3, -0.25) is 4.98 Å². The summed E-state index contributed by atoms with van der Waals surface area (Å²) in [6.07, 6.45) is 10.3. The second-order valence-corrected chi connectivity index (χ2v) is 16.7. The van der Waals surface area contributed by atoms with E-state index in [9.17, 15) is 0 Å². The fraction of sp³-hybridized carbons (Fsp3) is 0.340. The molecule has 0 fully saturated rings. The van der Waals surface area contributed by atoms with Crippen LogP contribution in [0.15, 0.2) is 128 Å². The molecular formula is C53H69N9S. The normalized spacial score (nSPS) is 10.6. The number of thiazole rings is 1. The molecule has 10 heteroatoms. The van der Waals surface area contributed by atoms with Crippen LogP contribution >= 0.6 is 11.3 Å². The van der Waals surface area contributed by atoms with Gasteiger partial charge in [0.05, 0.1) is 10.2 Å². The molecule has 0 aliphatic rings. The van der Waals surface area contributed by atoms with Gasteiger partial charge in [-0.05, 0) is 144 Å². The molecule has 7 aromatic rings. The number of unbranched alkanes of at least 4 members (excludes halogenated alkanes) is 2. The first-order valence-electron chi connectivity index (χ1n) is 22.7. The molecule has 9 nitrogen and oxygen atoms in total. The molecule has 0 atom stereocenters. The standard InChI is InChI=1S/C22H29N3S.C16H21N3.C15H19N3/c1-4-6-14-25(15-7-5-2)18-13-12-17(3)20(16-18)24-22-23-19-10-8-9-11-21(19)26-22;1-4-19(5-2)14-10-9-13(3)15(12-14)18-16-8-6-7-11-17-16;1-4-18(3)14-6-5-12(2)15(11-14)17-13-7-9-16-10-8-13/h8-13,16H,4-7,14-15H2,1-3H3,(H,23,24);6-12H,4-5H2,1-3H3,(H,17,18);5-11H,4H2,1-3H3,(H,16,17). The topological polar surface area (TPSA) is 84.5 Å². The molecule has 3 aromatic heterocycles. The molecule has 332 valence electrons. The van der Waals surface area contributed by atoms with E-state index in [0.29, 0.717) is 0 Å². The Kier molecular flexibility index (Phi) is 19.1. The summed E-state index contributed by atoms with van der Waals surface area (Å²) in [5, 5.41) is 11.3. The zero-order valence-electron chi connectivity index (χ0n) is 39.1. The molecule has 0 aliphatic heterocycles. The Hall–Kier alpha value is -6.13. The van der Waals surface area contributed by atoms with Crippen LogP contribution in [0.1, 0.15) is 77.0 Å². The van der Waals surface area contributed by atoms with Crippen molar-refractivity contribution in [2.45, 2.75) is 81.1 Å². The van der Waals surface area contributed by atoms with Gasteiger partial charge >= 0.3 is 0 Å². The third kappa shape index (κ3) is 14.5. The highest BCUT2D eigenvalue weighted by atomic mass is 32.1. The molecule has 3 N–H and O–H groups in total. The third-order valence-electron chi connectivity index (χ3n) is 11.1. The van der Waals surface area contributed by atoms with Gasteiger partial charge in [0.15, 0.2) is 5.13 Å². The van der Waals surface area contributed by atoms with Crippen molar-refractivity contribution in [1.82, 2.24) is 15.0 Å². The van der Waals surface area contributed by atoms with Crippen LogP contribution in [-0.2, 0) is 0 Å². The summed E-state index contributed by atoms with van der Waals surface area (Å²) in [7, 11) is 2.10. The van der Waals surface area contributed by atoms with Crippen LogP contribution in [0, 0.1) is 20.8 Å². The molecule has 0 saturated carbocycles. The molecule has 0 bridgehead atoms. The van der Waals surface area contributed by atoms with Gasteiger partial charge in [-0.2, -0.15) is 0 Å². The highest BCUT2D eigenvalue weighted by Crippen LogP contribution is 2.32. The number of pyridine rings is 2. The molecule has 0 aliphatic carbocycles. The zero-order chi connectivity index (χ0) is 45.0. The van der Waals surface area contributed by atoms with Crippen molar-refractivity contribution >= 4 is 72.3 Å². The molecule has 4 aromatic carbocycles. The van der Waals surface area contributed by atoms with E-state index in [1.807, 2.05) is 36.4 Å². The summed E-state index contributed by atoms with van der Waals surface area (Å²) in [5.41, 5.74) is 13.0. The lowest BCUT2D eigenvalue weighted by Crippen LogP contribution is -2.25. The SMILES string of the molecule is CCCCN(CCCC)c1ccc(C)c(Nc2nc3ccccc3s2)c1.CCN(C)c1ccc(C)c(Nc2ccncc2)c1.CCN(CC)c1ccc(C)c(Nc2ccccn2)c1. The number of benzene rings is 4. The number of aromatic nitrogens is 3. The summed E-state index contributed by atoms with van der Waals surface area (Å²) in [4.78, 5) is 20.1. The van der Waals surface area contributed by atoms with Crippen LogP contribution in [0.25, 0.3) is 10.2 Å². The van der Waals surface area contributed by atoms with Crippen molar-refractivity contribution in [1.29, 1.82) is 0 Å². The Bertz CT molecular complexity index is 2360. The molecular weight excluding hydrogens is 795 g/mol. The summed E-state index contributed by atoms with van der Waals surface area (Å²) in [5.74, 6) is 0.877. The minimum Gasteiger partial charge on any atom is -0.375 e. The van der Waals surface area contributed by atoms with E-state index < -0.39 is 0 Å². The van der Waals surface area contributed by atoms with Crippen molar-refractivity contribution in [2.24, 2.45) is 0 Å². The van der Waals surface area contributed by atoms with Crippen LogP contribution in [0.5, 0.6) is 0 Å². The van der Waals surface area contributed by atoms with Gasteiger partial charge in [-0.1, -0.05) is 74.4 Å². The molecule has 0 saturated heterocycles. The quantitative estimate of drug-likeness (QED) is 0.0781. The third-order valence-corrected chi connectivity index (χ3v) is 12.0. The zero-order valence-corrected chi connectivity index (χ0v) is 39.9. The number of fused-ring (bicyclic) bond motifs is 1. The average molecular weight is 864 g/mol. The fourth-order valence-electron chi connectivity index (χ4n) is 6.91. The van der Waals surface area contributed by atoms with Crippen LogP contribution in [0.4, 0.5) is 50.8 Å². The summed E-state index contributed by atoms with van der Waals surface area (Å²) in [6.45, 7) is 22.7. The Morgan fingerprint density at radius 3 is 1.67 bits per heavy atom. The van der Waals surface area contributed by atoms with Crippen molar-refractivity contribution < 1.29 is 0 Å². The molecule has 0 amide bonds. The Labute approximate surface area is 381 Å². The van der Waals surface area contributed by atoms with Crippen molar-refractivity contribution in [3.8, 4) is 0 Å².